The summed E-state index contributed by atoms with van der Waals surface area (Å²) < 4.78 is 10.4. The third-order valence-electron chi connectivity index (χ3n) is 3.08. The highest BCUT2D eigenvalue weighted by Gasteiger charge is 2.12. The second kappa shape index (κ2) is 5.65. The molecule has 0 aliphatic rings. The van der Waals surface area contributed by atoms with E-state index in [-0.39, 0.29) is 5.69 Å². The number of methoxy groups -OCH3 is 1. The highest BCUT2D eigenvalue weighted by Crippen LogP contribution is 2.25. The number of hydrogen-bond acceptors (Lipinski definition) is 6. The molecule has 3 aromatic rings. The molecule has 0 radical (unpaired) electrons. The van der Waals surface area contributed by atoms with Crippen LogP contribution in [0.4, 0.5) is 5.69 Å². The molecule has 0 fully saturated rings. The lowest BCUT2D eigenvalue weighted by atomic mass is 10.2. The third kappa shape index (κ3) is 2.64. The van der Waals surface area contributed by atoms with Gasteiger partial charge in [0, 0.05) is 23.3 Å². The van der Waals surface area contributed by atoms with Crippen molar-refractivity contribution in [1.82, 2.24) is 10.1 Å². The molecule has 0 N–H and O–H groups in total. The molecular formula is C15H11N3O4. The standard InChI is InChI=1S/C15H11N3O4/c1-21-13-4-2-3-11(9-13)14-16-15(22-17-14)10-5-7-12(8-6-10)18(19)20/h2-9H,1H3. The molecule has 110 valence electrons. The number of hydrogen-bond donors (Lipinski definition) is 0. The molecule has 1 aromatic heterocycles. The van der Waals surface area contributed by atoms with Crippen molar-refractivity contribution < 1.29 is 14.2 Å². The number of aromatic nitrogens is 2. The summed E-state index contributed by atoms with van der Waals surface area (Å²) in [6, 6.07) is 13.2. The van der Waals surface area contributed by atoms with Crippen LogP contribution in [0, 0.1) is 10.1 Å². The lowest BCUT2D eigenvalue weighted by Crippen LogP contribution is -1.87. The van der Waals surface area contributed by atoms with E-state index in [1.54, 1.807) is 25.3 Å². The number of nitrogens with zero attached hydrogens (tertiary/aromatic N) is 3. The molecule has 1 heterocycles. The zero-order chi connectivity index (χ0) is 15.5. The average Bonchev–Trinajstić information content (AvgIpc) is 3.05. The topological polar surface area (TPSA) is 91.3 Å². The number of nitro benzene ring substituents is 1. The van der Waals surface area contributed by atoms with Gasteiger partial charge in [0.25, 0.3) is 11.6 Å². The fourth-order valence-electron chi connectivity index (χ4n) is 1.95. The predicted molar refractivity (Wildman–Crippen MR) is 78.4 cm³/mol. The minimum atomic E-state index is -0.459. The minimum Gasteiger partial charge on any atom is -0.497 e. The van der Waals surface area contributed by atoms with E-state index < -0.39 is 4.92 Å². The lowest BCUT2D eigenvalue weighted by Gasteiger charge is -1.99. The molecule has 0 unspecified atom stereocenters. The van der Waals surface area contributed by atoms with Crippen molar-refractivity contribution in [3.05, 3.63) is 58.6 Å². The maximum Gasteiger partial charge on any atom is 0.269 e. The molecule has 0 aliphatic carbocycles. The Morgan fingerprint density at radius 1 is 1.14 bits per heavy atom. The number of nitro groups is 1. The Bertz CT molecular complexity index is 812. The van der Waals surface area contributed by atoms with Gasteiger partial charge in [-0.1, -0.05) is 17.3 Å². The summed E-state index contributed by atoms with van der Waals surface area (Å²) in [7, 11) is 1.58. The minimum absolute atomic E-state index is 0.0104. The molecule has 0 saturated heterocycles. The van der Waals surface area contributed by atoms with E-state index in [1.807, 2.05) is 18.2 Å². The highest BCUT2D eigenvalue weighted by molar-refractivity contribution is 5.61. The van der Waals surface area contributed by atoms with E-state index in [0.717, 1.165) is 5.56 Å². The van der Waals surface area contributed by atoms with Crippen LogP contribution in [0.15, 0.2) is 53.1 Å². The third-order valence-corrected chi connectivity index (χ3v) is 3.08. The number of rotatable bonds is 4. The molecule has 0 saturated carbocycles. The molecule has 0 aliphatic heterocycles. The molecular weight excluding hydrogens is 286 g/mol. The summed E-state index contributed by atoms with van der Waals surface area (Å²) in [6.45, 7) is 0. The van der Waals surface area contributed by atoms with Crippen molar-refractivity contribution >= 4 is 5.69 Å². The Balaban J connectivity index is 1.91. The first-order valence-corrected chi connectivity index (χ1v) is 6.40. The van der Waals surface area contributed by atoms with E-state index in [4.69, 9.17) is 9.26 Å². The van der Waals surface area contributed by atoms with Crippen molar-refractivity contribution in [2.75, 3.05) is 7.11 Å². The van der Waals surface area contributed by atoms with Crippen LogP contribution in [0.2, 0.25) is 0 Å². The van der Waals surface area contributed by atoms with Crippen LogP contribution in [0.5, 0.6) is 5.75 Å². The number of non-ortho nitro benzene ring substituents is 1. The smallest absolute Gasteiger partial charge is 0.269 e. The Labute approximate surface area is 125 Å². The molecule has 2 aromatic carbocycles. The van der Waals surface area contributed by atoms with Gasteiger partial charge in [-0.3, -0.25) is 10.1 Å². The van der Waals surface area contributed by atoms with Gasteiger partial charge >= 0.3 is 0 Å². The maximum absolute atomic E-state index is 10.6. The van der Waals surface area contributed by atoms with Crippen molar-refractivity contribution in [2.24, 2.45) is 0 Å². The van der Waals surface area contributed by atoms with Crippen LogP contribution in [-0.4, -0.2) is 22.2 Å². The zero-order valence-electron chi connectivity index (χ0n) is 11.6. The molecule has 22 heavy (non-hydrogen) atoms. The van der Waals surface area contributed by atoms with Crippen molar-refractivity contribution in [3.8, 4) is 28.6 Å². The van der Waals surface area contributed by atoms with Crippen LogP contribution in [0.3, 0.4) is 0 Å². The predicted octanol–water partition coefficient (Wildman–Crippen LogP) is 3.32. The van der Waals surface area contributed by atoms with Gasteiger partial charge in [0.1, 0.15) is 5.75 Å². The van der Waals surface area contributed by atoms with Gasteiger partial charge in [0.05, 0.1) is 12.0 Å². The SMILES string of the molecule is COc1cccc(-c2noc(-c3ccc([N+](=O)[O-])cc3)n2)c1. The number of benzene rings is 2. The summed E-state index contributed by atoms with van der Waals surface area (Å²) >= 11 is 0. The van der Waals surface area contributed by atoms with Crippen LogP contribution in [0.1, 0.15) is 0 Å². The Morgan fingerprint density at radius 3 is 2.59 bits per heavy atom. The van der Waals surface area contributed by atoms with Gasteiger partial charge in [-0.05, 0) is 24.3 Å². The fraction of sp³-hybridized carbons (Fsp3) is 0.0667. The van der Waals surface area contributed by atoms with E-state index in [9.17, 15) is 10.1 Å². The van der Waals surface area contributed by atoms with Crippen molar-refractivity contribution in [3.63, 3.8) is 0 Å². The van der Waals surface area contributed by atoms with E-state index in [2.05, 4.69) is 10.1 Å². The Kier molecular flexibility index (Phi) is 3.53. The summed E-state index contributed by atoms with van der Waals surface area (Å²) in [5.41, 5.74) is 1.39. The van der Waals surface area contributed by atoms with Crippen LogP contribution in [0.25, 0.3) is 22.8 Å². The monoisotopic (exact) mass is 297 g/mol. The summed E-state index contributed by atoms with van der Waals surface area (Å²) in [5.74, 6) is 1.42. The summed E-state index contributed by atoms with van der Waals surface area (Å²) in [4.78, 5) is 14.5. The first-order valence-electron chi connectivity index (χ1n) is 6.40. The molecule has 0 bridgehead atoms. The van der Waals surface area contributed by atoms with Crippen LogP contribution in [-0.2, 0) is 0 Å². The van der Waals surface area contributed by atoms with Gasteiger partial charge in [-0.15, -0.1) is 0 Å². The van der Waals surface area contributed by atoms with Gasteiger partial charge in [0.2, 0.25) is 5.82 Å². The quantitative estimate of drug-likeness (QED) is 0.542. The van der Waals surface area contributed by atoms with Gasteiger partial charge < -0.3 is 9.26 Å². The summed E-state index contributed by atoms with van der Waals surface area (Å²) in [5, 5.41) is 14.6. The second-order valence-corrected chi connectivity index (χ2v) is 4.46. The van der Waals surface area contributed by atoms with Crippen LogP contribution < -0.4 is 4.74 Å². The Morgan fingerprint density at radius 2 is 1.91 bits per heavy atom. The molecule has 3 rings (SSSR count). The van der Waals surface area contributed by atoms with Gasteiger partial charge in [-0.25, -0.2) is 0 Å². The normalized spacial score (nSPS) is 10.4. The van der Waals surface area contributed by atoms with E-state index >= 15 is 0 Å². The molecule has 7 heteroatoms. The van der Waals surface area contributed by atoms with Crippen LogP contribution >= 0.6 is 0 Å². The first kappa shape index (κ1) is 13.7. The molecule has 0 spiro atoms. The molecule has 0 atom stereocenters. The average molecular weight is 297 g/mol. The van der Waals surface area contributed by atoms with Gasteiger partial charge in [0.15, 0.2) is 0 Å². The summed E-state index contributed by atoms with van der Waals surface area (Å²) in [6.07, 6.45) is 0. The molecule has 7 nitrogen and oxygen atoms in total. The zero-order valence-corrected chi connectivity index (χ0v) is 11.6. The highest BCUT2D eigenvalue weighted by atomic mass is 16.6. The lowest BCUT2D eigenvalue weighted by molar-refractivity contribution is -0.384. The first-order chi connectivity index (χ1) is 10.7. The molecule has 0 amide bonds. The number of ether oxygens (including phenoxy) is 1. The Hall–Kier alpha value is -3.22. The van der Waals surface area contributed by atoms with E-state index in [1.165, 1.54) is 12.1 Å². The second-order valence-electron chi connectivity index (χ2n) is 4.46. The van der Waals surface area contributed by atoms with Gasteiger partial charge in [-0.2, -0.15) is 4.98 Å². The van der Waals surface area contributed by atoms with Crippen molar-refractivity contribution in [2.45, 2.75) is 0 Å². The maximum atomic E-state index is 10.6. The fourth-order valence-corrected chi connectivity index (χ4v) is 1.95. The van der Waals surface area contributed by atoms with Crippen molar-refractivity contribution in [1.29, 1.82) is 0 Å². The largest absolute Gasteiger partial charge is 0.497 e. The van der Waals surface area contributed by atoms with E-state index in [0.29, 0.717) is 23.0 Å².